The molecule has 0 spiro atoms. The number of carbonyl (C=O) groups excluding carboxylic acids is 1. The van der Waals surface area contributed by atoms with Crippen LogP contribution in [0, 0.1) is 5.41 Å². The van der Waals surface area contributed by atoms with Crippen LogP contribution in [0.4, 0.5) is 5.69 Å². The number of carbonyl (C=O) groups is 1. The molecule has 4 nitrogen and oxygen atoms in total. The lowest BCUT2D eigenvalue weighted by atomic mass is 9.80. The summed E-state index contributed by atoms with van der Waals surface area (Å²) >= 11 is 1.54. The summed E-state index contributed by atoms with van der Waals surface area (Å²) in [5.74, 6) is 0.803. The van der Waals surface area contributed by atoms with Crippen LogP contribution in [0.3, 0.4) is 0 Å². The van der Waals surface area contributed by atoms with Crippen LogP contribution in [-0.4, -0.2) is 10.8 Å². The Bertz CT molecular complexity index is 788. The highest BCUT2D eigenvalue weighted by Gasteiger charge is 2.32. The first kappa shape index (κ1) is 26.6. The number of rotatable bonds is 16. The topological polar surface area (TPSA) is 69.1 Å². The molecule has 0 fully saturated rings. The second kappa shape index (κ2) is 13.8. The van der Waals surface area contributed by atoms with E-state index in [0.717, 1.165) is 22.7 Å². The van der Waals surface area contributed by atoms with Gasteiger partial charge in [0.05, 0.1) is 17.9 Å². The molecule has 0 aliphatic carbocycles. The first-order valence-corrected chi connectivity index (χ1v) is 13.5. The number of nitrogens with two attached hydrogens (primary N) is 1. The second-order valence-electron chi connectivity index (χ2n) is 10.1. The number of furan rings is 1. The van der Waals surface area contributed by atoms with Crippen molar-refractivity contribution in [3.05, 3.63) is 23.4 Å². The summed E-state index contributed by atoms with van der Waals surface area (Å²) < 4.78 is 5.49. The molecule has 2 rings (SSSR count). The van der Waals surface area contributed by atoms with Crippen LogP contribution in [0.2, 0.25) is 0 Å². The van der Waals surface area contributed by atoms with E-state index < -0.39 is 0 Å². The molecule has 0 saturated carbocycles. The van der Waals surface area contributed by atoms with Crippen LogP contribution in [-0.2, 0) is 4.79 Å². The number of aromatic nitrogens is 1. The lowest BCUT2D eigenvalue weighted by molar-refractivity contribution is -0.128. The van der Waals surface area contributed by atoms with Crippen LogP contribution in [0.5, 0.6) is 0 Å². The summed E-state index contributed by atoms with van der Waals surface area (Å²) in [4.78, 5) is 18.7. The SMILES string of the molecule is CCCCCCCCCCCCCCC(C(=O)C(C)(C)C)c1cnc(-c2occc2N)s1. The maximum Gasteiger partial charge on any atom is 0.185 e. The van der Waals surface area contributed by atoms with Crippen LogP contribution in [0.15, 0.2) is 22.9 Å². The van der Waals surface area contributed by atoms with Crippen molar-refractivity contribution in [2.24, 2.45) is 5.41 Å². The minimum absolute atomic E-state index is 0.0967. The van der Waals surface area contributed by atoms with Crippen molar-refractivity contribution in [3.8, 4) is 10.8 Å². The Hall–Kier alpha value is -1.62. The molecule has 0 aromatic carbocycles. The molecular formula is C27H44N2O2S. The number of nitrogens with zero attached hydrogens (tertiary/aromatic N) is 1. The maximum atomic E-state index is 13.2. The molecule has 2 aromatic heterocycles. The molecular weight excluding hydrogens is 416 g/mol. The van der Waals surface area contributed by atoms with Crippen LogP contribution in [0.1, 0.15) is 122 Å². The van der Waals surface area contributed by atoms with Gasteiger partial charge in [-0.2, -0.15) is 0 Å². The lowest BCUT2D eigenvalue weighted by Gasteiger charge is -2.23. The summed E-state index contributed by atoms with van der Waals surface area (Å²) in [6.45, 7) is 8.30. The predicted octanol–water partition coefficient (Wildman–Crippen LogP) is 8.78. The molecule has 2 heterocycles. The smallest absolute Gasteiger partial charge is 0.185 e. The van der Waals surface area contributed by atoms with Gasteiger partial charge in [0, 0.05) is 22.6 Å². The van der Waals surface area contributed by atoms with Gasteiger partial charge in [-0.25, -0.2) is 4.98 Å². The van der Waals surface area contributed by atoms with Gasteiger partial charge >= 0.3 is 0 Å². The third kappa shape index (κ3) is 8.73. The van der Waals surface area contributed by atoms with Crippen molar-refractivity contribution in [1.82, 2.24) is 4.98 Å². The Morgan fingerprint density at radius 1 is 1.00 bits per heavy atom. The van der Waals surface area contributed by atoms with Crippen LogP contribution >= 0.6 is 11.3 Å². The minimum Gasteiger partial charge on any atom is -0.460 e. The first-order valence-electron chi connectivity index (χ1n) is 12.7. The van der Waals surface area contributed by atoms with E-state index in [9.17, 15) is 4.79 Å². The number of nitrogen functional groups attached to an aromatic ring is 1. The summed E-state index contributed by atoms with van der Waals surface area (Å²) in [6.07, 6.45) is 20.2. The van der Waals surface area contributed by atoms with E-state index in [-0.39, 0.29) is 11.3 Å². The van der Waals surface area contributed by atoms with E-state index in [1.165, 1.54) is 82.0 Å². The number of hydrogen-bond donors (Lipinski definition) is 1. The number of Topliss-reactive ketones (excluding diaryl/α,β-unsaturated/α-hetero) is 1. The molecule has 1 unspecified atom stereocenters. The van der Waals surface area contributed by atoms with Gasteiger partial charge in [0.1, 0.15) is 5.78 Å². The van der Waals surface area contributed by atoms with Crippen molar-refractivity contribution in [1.29, 1.82) is 0 Å². The van der Waals surface area contributed by atoms with E-state index >= 15 is 0 Å². The number of hydrogen-bond acceptors (Lipinski definition) is 5. The Morgan fingerprint density at radius 2 is 1.56 bits per heavy atom. The van der Waals surface area contributed by atoms with Gasteiger partial charge in [-0.3, -0.25) is 4.79 Å². The van der Waals surface area contributed by atoms with E-state index in [2.05, 4.69) is 11.9 Å². The molecule has 0 amide bonds. The van der Waals surface area contributed by atoms with Gasteiger partial charge in [0.25, 0.3) is 0 Å². The minimum atomic E-state index is -0.365. The first-order chi connectivity index (χ1) is 15.3. The van der Waals surface area contributed by atoms with Crippen molar-refractivity contribution in [2.45, 2.75) is 117 Å². The number of thiazole rings is 1. The van der Waals surface area contributed by atoms with Crippen molar-refractivity contribution in [3.63, 3.8) is 0 Å². The van der Waals surface area contributed by atoms with Gasteiger partial charge in [0.15, 0.2) is 10.8 Å². The number of ketones is 1. The Balaban J connectivity index is 1.77. The molecule has 0 saturated heterocycles. The maximum absolute atomic E-state index is 13.2. The molecule has 0 aliphatic heterocycles. The Labute approximate surface area is 199 Å². The highest BCUT2D eigenvalue weighted by molar-refractivity contribution is 7.15. The summed E-state index contributed by atoms with van der Waals surface area (Å²) in [7, 11) is 0. The predicted molar refractivity (Wildman–Crippen MR) is 137 cm³/mol. The monoisotopic (exact) mass is 460 g/mol. The third-order valence-corrected chi connectivity index (χ3v) is 7.27. The highest BCUT2D eigenvalue weighted by atomic mass is 32.1. The summed E-state index contributed by atoms with van der Waals surface area (Å²) in [5, 5.41) is 0.754. The average Bonchev–Trinajstić information content (AvgIpc) is 3.39. The van der Waals surface area contributed by atoms with Crippen molar-refractivity contribution < 1.29 is 9.21 Å². The zero-order valence-electron chi connectivity index (χ0n) is 20.8. The van der Waals surface area contributed by atoms with Crippen LogP contribution < -0.4 is 5.73 Å². The summed E-state index contributed by atoms with van der Waals surface area (Å²) in [6, 6.07) is 1.74. The zero-order valence-corrected chi connectivity index (χ0v) is 21.6. The molecule has 0 radical (unpaired) electrons. The van der Waals surface area contributed by atoms with E-state index in [1.807, 2.05) is 27.0 Å². The fourth-order valence-electron chi connectivity index (χ4n) is 4.16. The normalized spacial score (nSPS) is 12.9. The van der Waals surface area contributed by atoms with E-state index in [1.54, 1.807) is 12.3 Å². The van der Waals surface area contributed by atoms with Crippen LogP contribution in [0.25, 0.3) is 10.8 Å². The second-order valence-corrected chi connectivity index (χ2v) is 11.2. The molecule has 32 heavy (non-hydrogen) atoms. The standard InChI is InChI=1S/C27H44N2O2S/c1-5-6-7-8-9-10-11-12-13-14-15-16-17-21(25(30)27(2,3)4)23-20-29-26(32-23)24-22(28)18-19-31-24/h18-21H,5-17,28H2,1-4H3. The summed E-state index contributed by atoms with van der Waals surface area (Å²) in [5.41, 5.74) is 6.20. The zero-order chi connectivity index (χ0) is 23.4. The molecule has 0 bridgehead atoms. The average molecular weight is 461 g/mol. The van der Waals surface area contributed by atoms with Crippen molar-refractivity contribution >= 4 is 22.8 Å². The van der Waals surface area contributed by atoms with Gasteiger partial charge in [-0.15, -0.1) is 11.3 Å². The molecule has 5 heteroatoms. The Morgan fingerprint density at radius 3 is 2.06 bits per heavy atom. The fraction of sp³-hybridized carbons (Fsp3) is 0.704. The van der Waals surface area contributed by atoms with E-state index in [4.69, 9.17) is 10.2 Å². The molecule has 180 valence electrons. The molecule has 2 N–H and O–H groups in total. The van der Waals surface area contributed by atoms with Gasteiger partial charge in [0.2, 0.25) is 0 Å². The van der Waals surface area contributed by atoms with Gasteiger partial charge in [-0.05, 0) is 6.42 Å². The van der Waals surface area contributed by atoms with Gasteiger partial charge in [-0.1, -0.05) is 105 Å². The molecule has 1 atom stereocenters. The fourth-order valence-corrected chi connectivity index (χ4v) is 5.22. The van der Waals surface area contributed by atoms with Gasteiger partial charge < -0.3 is 10.2 Å². The van der Waals surface area contributed by atoms with E-state index in [0.29, 0.717) is 17.2 Å². The largest absolute Gasteiger partial charge is 0.460 e. The number of anilines is 1. The molecule has 2 aromatic rings. The Kier molecular flexibility index (Phi) is 11.5. The van der Waals surface area contributed by atoms with Crippen molar-refractivity contribution in [2.75, 3.05) is 5.73 Å². The molecule has 0 aliphatic rings. The highest BCUT2D eigenvalue weighted by Crippen LogP contribution is 2.38. The third-order valence-electron chi connectivity index (χ3n) is 6.16. The quantitative estimate of drug-likeness (QED) is 0.254. The lowest BCUT2D eigenvalue weighted by Crippen LogP contribution is -2.26. The number of unbranched alkanes of at least 4 members (excludes halogenated alkanes) is 11.